The number of imidazole rings is 1. The number of carbonyl (C=O) groups excluding carboxylic acids is 1. The van der Waals surface area contributed by atoms with Crippen LogP contribution in [0, 0.1) is 0 Å². The summed E-state index contributed by atoms with van der Waals surface area (Å²) < 4.78 is 12.8. The van der Waals surface area contributed by atoms with Crippen molar-refractivity contribution < 1.29 is 14.3 Å². The first kappa shape index (κ1) is 26.9. The van der Waals surface area contributed by atoms with E-state index in [1.807, 2.05) is 48.8 Å². The van der Waals surface area contributed by atoms with Gasteiger partial charge >= 0.3 is 0 Å². The van der Waals surface area contributed by atoms with Gasteiger partial charge in [0.15, 0.2) is 11.5 Å². The van der Waals surface area contributed by atoms with Gasteiger partial charge in [-0.2, -0.15) is 0 Å². The summed E-state index contributed by atoms with van der Waals surface area (Å²) in [6.45, 7) is 2.52. The van der Waals surface area contributed by atoms with Crippen molar-refractivity contribution in [2.75, 3.05) is 40.9 Å². The normalized spacial score (nSPS) is 11.4. The Morgan fingerprint density at radius 3 is 2.58 bits per heavy atom. The van der Waals surface area contributed by atoms with E-state index >= 15 is 0 Å². The highest BCUT2D eigenvalue weighted by Gasteiger charge is 2.07. The molecule has 4 rings (SSSR count). The van der Waals surface area contributed by atoms with Crippen molar-refractivity contribution in [1.29, 1.82) is 0 Å². The maximum absolute atomic E-state index is 12.2. The zero-order valence-electron chi connectivity index (χ0n) is 22.4. The summed E-state index contributed by atoms with van der Waals surface area (Å²) in [4.78, 5) is 19.0. The van der Waals surface area contributed by atoms with E-state index in [0.29, 0.717) is 13.0 Å². The predicted molar refractivity (Wildman–Crippen MR) is 153 cm³/mol. The highest BCUT2D eigenvalue weighted by atomic mass is 16.5. The van der Waals surface area contributed by atoms with E-state index in [4.69, 9.17) is 9.47 Å². The Hall–Kier alpha value is -4.10. The SMILES string of the molecule is COc1ccc(CCN(C)CCCNC(=O)CC=Cc2ccc(-n3cnc4ccccc43)cc2)cc1OC. The van der Waals surface area contributed by atoms with Gasteiger partial charge in [-0.3, -0.25) is 9.36 Å². The summed E-state index contributed by atoms with van der Waals surface area (Å²) in [5.74, 6) is 1.54. The highest BCUT2D eigenvalue weighted by molar-refractivity contribution is 5.79. The number of likely N-dealkylation sites (N-methyl/N-ethyl adjacent to an activating group) is 1. The molecule has 0 aliphatic heterocycles. The molecule has 0 aliphatic carbocycles. The Bertz CT molecular complexity index is 1360. The lowest BCUT2D eigenvalue weighted by molar-refractivity contribution is -0.120. The monoisotopic (exact) mass is 512 g/mol. The van der Waals surface area contributed by atoms with Crippen LogP contribution in [0.4, 0.5) is 0 Å². The maximum Gasteiger partial charge on any atom is 0.223 e. The summed E-state index contributed by atoms with van der Waals surface area (Å²) in [6.07, 6.45) is 7.93. The van der Waals surface area contributed by atoms with E-state index in [1.165, 1.54) is 5.56 Å². The first-order chi connectivity index (χ1) is 18.6. The van der Waals surface area contributed by atoms with Crippen molar-refractivity contribution in [1.82, 2.24) is 19.8 Å². The number of nitrogens with zero attached hydrogens (tertiary/aromatic N) is 3. The minimum atomic E-state index is 0.0377. The van der Waals surface area contributed by atoms with E-state index in [2.05, 4.69) is 63.2 Å². The highest BCUT2D eigenvalue weighted by Crippen LogP contribution is 2.27. The van der Waals surface area contributed by atoms with E-state index in [-0.39, 0.29) is 5.91 Å². The molecule has 0 unspecified atom stereocenters. The smallest absolute Gasteiger partial charge is 0.223 e. The molecule has 0 atom stereocenters. The second kappa shape index (κ2) is 13.4. The molecule has 7 heteroatoms. The summed E-state index contributed by atoms with van der Waals surface area (Å²) in [5.41, 5.74) is 5.38. The van der Waals surface area contributed by atoms with E-state index in [0.717, 1.165) is 59.7 Å². The number of benzene rings is 3. The fraction of sp³-hybridized carbons (Fsp3) is 0.290. The Morgan fingerprint density at radius 1 is 1.00 bits per heavy atom. The minimum absolute atomic E-state index is 0.0377. The lowest BCUT2D eigenvalue weighted by Crippen LogP contribution is -2.28. The van der Waals surface area contributed by atoms with Crippen LogP contribution in [0.3, 0.4) is 0 Å². The Kier molecular flexibility index (Phi) is 9.54. The molecule has 4 aromatic rings. The summed E-state index contributed by atoms with van der Waals surface area (Å²) in [7, 11) is 5.40. The van der Waals surface area contributed by atoms with Gasteiger partial charge in [-0.15, -0.1) is 0 Å². The average molecular weight is 513 g/mol. The second-order valence-electron chi connectivity index (χ2n) is 9.25. The molecule has 38 heavy (non-hydrogen) atoms. The van der Waals surface area contributed by atoms with Gasteiger partial charge in [0.2, 0.25) is 5.91 Å². The molecule has 0 radical (unpaired) electrons. The number of fused-ring (bicyclic) bond motifs is 1. The molecule has 0 aliphatic rings. The number of amides is 1. The molecule has 0 spiro atoms. The lowest BCUT2D eigenvalue weighted by Gasteiger charge is -2.17. The molecule has 1 aromatic heterocycles. The van der Waals surface area contributed by atoms with Gasteiger partial charge < -0.3 is 19.7 Å². The summed E-state index contributed by atoms with van der Waals surface area (Å²) in [6, 6.07) is 22.3. The molecule has 7 nitrogen and oxygen atoms in total. The van der Waals surface area contributed by atoms with Crippen LogP contribution >= 0.6 is 0 Å². The number of hydrogen-bond donors (Lipinski definition) is 1. The van der Waals surface area contributed by atoms with E-state index in [9.17, 15) is 4.79 Å². The number of para-hydroxylation sites is 2. The quantitative estimate of drug-likeness (QED) is 0.252. The topological polar surface area (TPSA) is 68.6 Å². The second-order valence-corrected chi connectivity index (χ2v) is 9.25. The minimum Gasteiger partial charge on any atom is -0.493 e. The molecule has 1 N–H and O–H groups in total. The van der Waals surface area contributed by atoms with Gasteiger partial charge in [-0.1, -0.05) is 42.5 Å². The van der Waals surface area contributed by atoms with Gasteiger partial charge in [0, 0.05) is 25.2 Å². The maximum atomic E-state index is 12.2. The number of methoxy groups -OCH3 is 2. The van der Waals surface area contributed by atoms with Crippen molar-refractivity contribution in [2.45, 2.75) is 19.3 Å². The van der Waals surface area contributed by atoms with Crippen molar-refractivity contribution in [3.05, 3.63) is 90.3 Å². The molecular weight excluding hydrogens is 476 g/mol. The number of carbonyl (C=O) groups is 1. The standard InChI is InChI=1S/C31H36N4O3/c1-34(21-18-25-14-17-29(37-2)30(22-25)38-3)20-7-19-32-31(36)11-6-8-24-12-15-26(16-13-24)35-23-33-27-9-4-5-10-28(27)35/h4-6,8-10,12-17,22-23H,7,11,18-21H2,1-3H3,(H,32,36). The molecule has 0 fully saturated rings. The van der Waals surface area contributed by atoms with Crippen molar-refractivity contribution in [2.24, 2.45) is 0 Å². The van der Waals surface area contributed by atoms with Crippen molar-refractivity contribution >= 4 is 23.0 Å². The van der Waals surface area contributed by atoms with Crippen LogP contribution in [-0.2, 0) is 11.2 Å². The van der Waals surface area contributed by atoms with Crippen LogP contribution in [0.1, 0.15) is 24.0 Å². The number of aromatic nitrogens is 2. The fourth-order valence-corrected chi connectivity index (χ4v) is 4.33. The van der Waals surface area contributed by atoms with E-state index in [1.54, 1.807) is 14.2 Å². The molecule has 0 bridgehead atoms. The van der Waals surface area contributed by atoms with E-state index < -0.39 is 0 Å². The largest absolute Gasteiger partial charge is 0.493 e. The summed E-state index contributed by atoms with van der Waals surface area (Å²) >= 11 is 0. The number of nitrogens with one attached hydrogen (secondary N) is 1. The molecule has 0 saturated carbocycles. The molecule has 1 heterocycles. The number of ether oxygens (including phenoxy) is 2. The number of rotatable bonds is 13. The zero-order chi connectivity index (χ0) is 26.7. The van der Waals surface area contributed by atoms with Crippen LogP contribution in [0.2, 0.25) is 0 Å². The van der Waals surface area contributed by atoms with Crippen molar-refractivity contribution in [3.63, 3.8) is 0 Å². The van der Waals surface area contributed by atoms with Gasteiger partial charge in [0.1, 0.15) is 6.33 Å². The lowest BCUT2D eigenvalue weighted by atomic mass is 10.1. The van der Waals surface area contributed by atoms with Gasteiger partial charge in [-0.25, -0.2) is 4.98 Å². The van der Waals surface area contributed by atoms with Gasteiger partial charge in [-0.05, 0) is 74.0 Å². The first-order valence-corrected chi connectivity index (χ1v) is 12.9. The average Bonchev–Trinajstić information content (AvgIpc) is 3.38. The third-order valence-electron chi connectivity index (χ3n) is 6.51. The summed E-state index contributed by atoms with van der Waals surface area (Å²) in [5, 5.41) is 3.01. The predicted octanol–water partition coefficient (Wildman–Crippen LogP) is 5.13. The Morgan fingerprint density at radius 2 is 1.79 bits per heavy atom. The van der Waals surface area contributed by atoms with Gasteiger partial charge in [0.05, 0.1) is 25.3 Å². The third-order valence-corrected chi connectivity index (χ3v) is 6.51. The molecular formula is C31H36N4O3. The Labute approximate surface area is 224 Å². The fourth-order valence-electron chi connectivity index (χ4n) is 4.33. The molecule has 3 aromatic carbocycles. The molecule has 198 valence electrons. The van der Waals surface area contributed by atoms with Crippen LogP contribution in [0.5, 0.6) is 11.5 Å². The third kappa shape index (κ3) is 7.23. The zero-order valence-corrected chi connectivity index (χ0v) is 22.4. The van der Waals surface area contributed by atoms with Crippen LogP contribution in [0.25, 0.3) is 22.8 Å². The first-order valence-electron chi connectivity index (χ1n) is 12.9. The molecule has 1 amide bonds. The van der Waals surface area contributed by atoms with Gasteiger partial charge in [0.25, 0.3) is 0 Å². The van der Waals surface area contributed by atoms with Crippen LogP contribution < -0.4 is 14.8 Å². The van der Waals surface area contributed by atoms with Crippen LogP contribution in [0.15, 0.2) is 79.1 Å². The van der Waals surface area contributed by atoms with Crippen molar-refractivity contribution in [3.8, 4) is 17.2 Å². The number of hydrogen-bond acceptors (Lipinski definition) is 5. The van der Waals surface area contributed by atoms with Crippen LogP contribution in [-0.4, -0.2) is 61.3 Å². The Balaban J connectivity index is 1.13. The molecule has 0 saturated heterocycles.